The van der Waals surface area contributed by atoms with Gasteiger partial charge in [-0.2, -0.15) is 4.31 Å². The number of hydrogen-bond acceptors (Lipinski definition) is 6. The fourth-order valence-electron chi connectivity index (χ4n) is 5.02. The first-order valence-electron chi connectivity index (χ1n) is 11.7. The predicted octanol–water partition coefficient (Wildman–Crippen LogP) is 4.18. The lowest BCUT2D eigenvalue weighted by atomic mass is 10.0. The smallest absolute Gasteiger partial charge is 0.272 e. The maximum absolute atomic E-state index is 13.6. The molecule has 1 saturated carbocycles. The van der Waals surface area contributed by atoms with Gasteiger partial charge >= 0.3 is 0 Å². The first kappa shape index (κ1) is 25.8. The summed E-state index contributed by atoms with van der Waals surface area (Å²) in [4.78, 5) is 26.0. The van der Waals surface area contributed by atoms with Gasteiger partial charge in [-0.25, -0.2) is 18.6 Å². The number of nitrogens with zero attached hydrogens (tertiary/aromatic N) is 2. The van der Waals surface area contributed by atoms with Gasteiger partial charge in [-0.05, 0) is 55.3 Å². The van der Waals surface area contributed by atoms with Gasteiger partial charge in [-0.1, -0.05) is 36.0 Å². The molecule has 10 nitrogen and oxygen atoms in total. The highest BCUT2D eigenvalue weighted by Crippen LogP contribution is 2.35. The van der Waals surface area contributed by atoms with E-state index in [1.54, 1.807) is 18.2 Å². The number of ether oxygens (including phenoxy) is 1. The molecule has 0 radical (unpaired) electrons. The summed E-state index contributed by atoms with van der Waals surface area (Å²) in [5.74, 6) is -0.285. The van der Waals surface area contributed by atoms with Gasteiger partial charge in [0.05, 0.1) is 16.5 Å². The maximum Gasteiger partial charge on any atom is 0.272 e. The summed E-state index contributed by atoms with van der Waals surface area (Å²) in [6, 6.07) is 8.75. The minimum Gasteiger partial charge on any atom is -0.457 e. The lowest BCUT2D eigenvalue weighted by Crippen LogP contribution is -2.48. The zero-order chi connectivity index (χ0) is 26.3. The highest BCUT2D eigenvalue weighted by Gasteiger charge is 2.44. The SMILES string of the molecule is O=C(NO)[C@H]1c2c([nH]n(C3CCCC3)c2=O)CCN1S(=O)(=O)c1ccc(Oc2cc(Cl)cc(Cl)c2)cc1. The van der Waals surface area contributed by atoms with Gasteiger partial charge in [0.25, 0.3) is 11.5 Å². The molecule has 37 heavy (non-hydrogen) atoms. The van der Waals surface area contributed by atoms with Crippen LogP contribution in [0, 0.1) is 0 Å². The highest BCUT2D eigenvalue weighted by molar-refractivity contribution is 7.89. The summed E-state index contributed by atoms with van der Waals surface area (Å²) in [7, 11) is -4.24. The van der Waals surface area contributed by atoms with Crippen LogP contribution >= 0.6 is 23.2 Å². The number of carbonyl (C=O) groups is 1. The van der Waals surface area contributed by atoms with Gasteiger partial charge < -0.3 is 4.74 Å². The Kier molecular flexibility index (Phi) is 7.08. The number of hydrogen-bond donors (Lipinski definition) is 3. The second-order valence-corrected chi connectivity index (χ2v) is 11.8. The summed E-state index contributed by atoms with van der Waals surface area (Å²) in [5.41, 5.74) is 1.62. The third kappa shape index (κ3) is 4.89. The summed E-state index contributed by atoms with van der Waals surface area (Å²) < 4.78 is 35.4. The van der Waals surface area contributed by atoms with Crippen LogP contribution in [0.3, 0.4) is 0 Å². The van der Waals surface area contributed by atoms with Crippen molar-refractivity contribution >= 4 is 39.1 Å². The number of aromatic amines is 1. The molecular formula is C24H24Cl2N4O6S. The molecule has 0 spiro atoms. The molecule has 5 rings (SSSR count). The molecule has 0 unspecified atom stereocenters. The molecule has 1 atom stereocenters. The monoisotopic (exact) mass is 566 g/mol. The highest BCUT2D eigenvalue weighted by atomic mass is 35.5. The standard InChI is InChI=1S/C24H24Cl2N4O6S/c25-14-11-15(26)13-18(12-14)36-17-5-7-19(8-6-17)37(34,35)29-10-9-20-21(22(29)23(31)28-33)24(32)30(27-20)16-3-1-2-4-16/h5-8,11-13,16,22,27,33H,1-4,9-10H2,(H,28,31)/t22-/m1/s1. The zero-order valence-corrected chi connectivity index (χ0v) is 21.8. The Balaban J connectivity index is 1.46. The number of H-pyrrole nitrogens is 1. The normalized spacial score (nSPS) is 18.5. The van der Waals surface area contributed by atoms with Gasteiger partial charge in [0, 0.05) is 28.7 Å². The molecule has 0 bridgehead atoms. The average Bonchev–Trinajstić information content (AvgIpc) is 3.51. The number of rotatable bonds is 6. The van der Waals surface area contributed by atoms with Crippen LogP contribution in [0.15, 0.2) is 52.2 Å². The van der Waals surface area contributed by atoms with E-state index in [4.69, 9.17) is 27.9 Å². The molecule has 2 aliphatic rings. The molecule has 196 valence electrons. The van der Waals surface area contributed by atoms with Crippen molar-refractivity contribution in [2.45, 2.75) is 49.1 Å². The first-order chi connectivity index (χ1) is 17.7. The molecule has 2 aromatic carbocycles. The quantitative estimate of drug-likeness (QED) is 0.302. The number of amides is 1. The van der Waals surface area contributed by atoms with Crippen molar-refractivity contribution in [1.82, 2.24) is 19.6 Å². The molecule has 1 aliphatic carbocycles. The van der Waals surface area contributed by atoms with Crippen LogP contribution in [-0.2, 0) is 21.2 Å². The lowest BCUT2D eigenvalue weighted by Gasteiger charge is -2.32. The predicted molar refractivity (Wildman–Crippen MR) is 136 cm³/mol. The van der Waals surface area contributed by atoms with Crippen LogP contribution in [0.4, 0.5) is 0 Å². The van der Waals surface area contributed by atoms with Gasteiger partial charge in [0.1, 0.15) is 17.5 Å². The van der Waals surface area contributed by atoms with Crippen molar-refractivity contribution in [2.24, 2.45) is 0 Å². The Morgan fingerprint density at radius 3 is 2.32 bits per heavy atom. The number of nitrogens with one attached hydrogen (secondary N) is 2. The number of fused-ring (bicyclic) bond motifs is 1. The van der Waals surface area contributed by atoms with Crippen molar-refractivity contribution in [3.05, 3.63) is 74.1 Å². The molecule has 0 saturated heterocycles. The van der Waals surface area contributed by atoms with Crippen molar-refractivity contribution in [2.75, 3.05) is 6.54 Å². The molecule has 3 aromatic rings. The Labute approximate surface area is 222 Å². The van der Waals surface area contributed by atoms with Gasteiger partial charge in [0.15, 0.2) is 0 Å². The van der Waals surface area contributed by atoms with Crippen molar-refractivity contribution in [3.8, 4) is 11.5 Å². The van der Waals surface area contributed by atoms with Crippen LogP contribution < -0.4 is 15.8 Å². The number of sulfonamides is 1. The van der Waals surface area contributed by atoms with Crippen LogP contribution in [-0.4, -0.2) is 40.2 Å². The molecule has 1 aliphatic heterocycles. The van der Waals surface area contributed by atoms with E-state index in [-0.39, 0.29) is 29.5 Å². The molecule has 13 heteroatoms. The largest absolute Gasteiger partial charge is 0.457 e. The number of halogens is 2. The second-order valence-electron chi connectivity index (χ2n) is 9.04. The Morgan fingerprint density at radius 1 is 1.05 bits per heavy atom. The van der Waals surface area contributed by atoms with E-state index < -0.39 is 27.5 Å². The van der Waals surface area contributed by atoms with E-state index in [0.29, 0.717) is 27.2 Å². The van der Waals surface area contributed by atoms with E-state index in [1.165, 1.54) is 34.4 Å². The Hall–Kier alpha value is -2.83. The van der Waals surface area contributed by atoms with Crippen LogP contribution in [0.1, 0.15) is 49.0 Å². The number of hydroxylamine groups is 1. The van der Waals surface area contributed by atoms with E-state index in [0.717, 1.165) is 30.0 Å². The average molecular weight is 567 g/mol. The van der Waals surface area contributed by atoms with E-state index in [2.05, 4.69) is 5.10 Å². The maximum atomic E-state index is 13.6. The van der Waals surface area contributed by atoms with Crippen molar-refractivity contribution in [1.29, 1.82) is 0 Å². The summed E-state index contributed by atoms with van der Waals surface area (Å²) >= 11 is 12.0. The molecule has 1 amide bonds. The fraction of sp³-hybridized carbons (Fsp3) is 0.333. The van der Waals surface area contributed by atoms with Gasteiger partial charge in [-0.15, -0.1) is 0 Å². The summed E-state index contributed by atoms with van der Waals surface area (Å²) in [5, 5.41) is 13.3. The zero-order valence-electron chi connectivity index (χ0n) is 19.5. The van der Waals surface area contributed by atoms with E-state index >= 15 is 0 Å². The van der Waals surface area contributed by atoms with Crippen LogP contribution in [0.5, 0.6) is 11.5 Å². The van der Waals surface area contributed by atoms with Gasteiger partial charge in [0.2, 0.25) is 10.0 Å². The minimum absolute atomic E-state index is 0.0251. The molecule has 3 N–H and O–H groups in total. The van der Waals surface area contributed by atoms with Crippen molar-refractivity contribution in [3.63, 3.8) is 0 Å². The number of carbonyl (C=O) groups excluding carboxylic acids is 1. The third-order valence-electron chi connectivity index (χ3n) is 6.72. The molecule has 1 aromatic heterocycles. The van der Waals surface area contributed by atoms with E-state index in [1.807, 2.05) is 0 Å². The topological polar surface area (TPSA) is 134 Å². The van der Waals surface area contributed by atoms with Gasteiger partial charge in [-0.3, -0.25) is 19.9 Å². The fourth-order valence-corrected chi connectivity index (χ4v) is 7.09. The molecular weight excluding hydrogens is 543 g/mol. The van der Waals surface area contributed by atoms with Crippen LogP contribution in [0.2, 0.25) is 10.0 Å². The van der Waals surface area contributed by atoms with Crippen molar-refractivity contribution < 1.29 is 23.2 Å². The first-order valence-corrected chi connectivity index (χ1v) is 13.9. The number of benzene rings is 2. The lowest BCUT2D eigenvalue weighted by molar-refractivity contribution is -0.133. The molecule has 1 fully saturated rings. The third-order valence-corrected chi connectivity index (χ3v) is 9.04. The summed E-state index contributed by atoms with van der Waals surface area (Å²) in [6.07, 6.45) is 3.86. The van der Waals surface area contributed by atoms with Crippen LogP contribution in [0.25, 0.3) is 0 Å². The van der Waals surface area contributed by atoms with E-state index in [9.17, 15) is 23.2 Å². The number of aromatic nitrogens is 2. The minimum atomic E-state index is -4.24. The Morgan fingerprint density at radius 2 is 1.70 bits per heavy atom. The second kappa shape index (κ2) is 10.1. The Bertz CT molecular complexity index is 1480. The summed E-state index contributed by atoms with van der Waals surface area (Å²) in [6.45, 7) is -0.0582. The molecule has 2 heterocycles.